The topological polar surface area (TPSA) is 63.3 Å². The molecule has 0 aliphatic rings. The highest BCUT2D eigenvalue weighted by molar-refractivity contribution is 5.74. The number of hydrogen-bond acceptors (Lipinski definition) is 3. The summed E-state index contributed by atoms with van der Waals surface area (Å²) < 4.78 is 5.64. The maximum atomic E-state index is 10.8. The fourth-order valence-electron chi connectivity index (χ4n) is 1.77. The Morgan fingerprint density at radius 1 is 1.47 bits per heavy atom. The molecule has 1 aromatic carbocycles. The normalized spacial score (nSPS) is 11.9. The van der Waals surface area contributed by atoms with Crippen LogP contribution in [0.2, 0.25) is 0 Å². The van der Waals surface area contributed by atoms with Gasteiger partial charge in [-0.15, -0.1) is 0 Å². The van der Waals surface area contributed by atoms with Crippen LogP contribution in [0, 0.1) is 6.92 Å². The van der Waals surface area contributed by atoms with Gasteiger partial charge in [0.2, 0.25) is 5.89 Å². The molecule has 2 aromatic rings. The average molecular weight is 233 g/mol. The van der Waals surface area contributed by atoms with E-state index in [0.29, 0.717) is 11.5 Å². The first-order chi connectivity index (χ1) is 7.88. The fourth-order valence-corrected chi connectivity index (χ4v) is 1.77. The summed E-state index contributed by atoms with van der Waals surface area (Å²) in [6.07, 6.45) is -0.00119. The number of hydrogen-bond donors (Lipinski definition) is 1. The van der Waals surface area contributed by atoms with Gasteiger partial charge in [-0.05, 0) is 24.6 Å². The van der Waals surface area contributed by atoms with Gasteiger partial charge in [-0.25, -0.2) is 4.98 Å². The lowest BCUT2D eigenvalue weighted by Crippen LogP contribution is -2.21. The lowest BCUT2D eigenvalue weighted by atomic mass is 9.89. The first-order valence-electron chi connectivity index (χ1n) is 5.48. The van der Waals surface area contributed by atoms with Crippen LogP contribution in [0.5, 0.6) is 0 Å². The molecule has 1 heterocycles. The SMILES string of the molecule is Cc1ccc2nc(C(C)(C)CC(=O)O)oc2c1. The van der Waals surface area contributed by atoms with Crippen LogP contribution in [0.15, 0.2) is 22.6 Å². The third-order valence-corrected chi connectivity index (χ3v) is 2.72. The summed E-state index contributed by atoms with van der Waals surface area (Å²) in [5, 5.41) is 8.86. The fraction of sp³-hybridized carbons (Fsp3) is 0.385. The van der Waals surface area contributed by atoms with E-state index in [1.807, 2.05) is 39.0 Å². The van der Waals surface area contributed by atoms with Crippen molar-refractivity contribution in [2.75, 3.05) is 0 Å². The largest absolute Gasteiger partial charge is 0.481 e. The molecule has 1 aromatic heterocycles. The quantitative estimate of drug-likeness (QED) is 0.885. The Kier molecular flexibility index (Phi) is 2.65. The third-order valence-electron chi connectivity index (χ3n) is 2.72. The van der Waals surface area contributed by atoms with Crippen molar-refractivity contribution in [2.45, 2.75) is 32.6 Å². The number of carbonyl (C=O) groups is 1. The van der Waals surface area contributed by atoms with Crippen LogP contribution in [0.25, 0.3) is 11.1 Å². The molecule has 0 atom stereocenters. The molecule has 0 aliphatic carbocycles. The molecule has 0 radical (unpaired) electrons. The van der Waals surface area contributed by atoms with Gasteiger partial charge in [-0.1, -0.05) is 19.9 Å². The van der Waals surface area contributed by atoms with Gasteiger partial charge < -0.3 is 9.52 Å². The van der Waals surface area contributed by atoms with Crippen LogP contribution in [0.1, 0.15) is 31.7 Å². The van der Waals surface area contributed by atoms with E-state index in [4.69, 9.17) is 9.52 Å². The van der Waals surface area contributed by atoms with E-state index in [9.17, 15) is 4.79 Å². The number of carboxylic acid groups (broad SMARTS) is 1. The molecule has 2 rings (SSSR count). The van der Waals surface area contributed by atoms with Crippen LogP contribution >= 0.6 is 0 Å². The molecular formula is C13H15NO3. The minimum Gasteiger partial charge on any atom is -0.481 e. The summed E-state index contributed by atoms with van der Waals surface area (Å²) in [5.74, 6) is -0.381. The third kappa shape index (κ3) is 2.30. The van der Waals surface area contributed by atoms with E-state index in [1.165, 1.54) is 0 Å². The Labute approximate surface area is 99.3 Å². The monoisotopic (exact) mass is 233 g/mol. The van der Waals surface area contributed by atoms with E-state index in [1.54, 1.807) is 0 Å². The van der Waals surface area contributed by atoms with E-state index in [2.05, 4.69) is 4.98 Å². The van der Waals surface area contributed by atoms with Gasteiger partial charge in [-0.3, -0.25) is 4.79 Å². The number of oxazole rings is 1. The maximum Gasteiger partial charge on any atom is 0.304 e. The summed E-state index contributed by atoms with van der Waals surface area (Å²) in [6, 6.07) is 5.75. The Morgan fingerprint density at radius 2 is 2.18 bits per heavy atom. The van der Waals surface area contributed by atoms with Crippen molar-refractivity contribution >= 4 is 17.1 Å². The van der Waals surface area contributed by atoms with Crippen LogP contribution in [-0.2, 0) is 10.2 Å². The summed E-state index contributed by atoms with van der Waals surface area (Å²) in [6.45, 7) is 5.61. The highest BCUT2D eigenvalue weighted by atomic mass is 16.4. The number of fused-ring (bicyclic) bond motifs is 1. The highest BCUT2D eigenvalue weighted by Crippen LogP contribution is 2.29. The Morgan fingerprint density at radius 3 is 2.82 bits per heavy atom. The highest BCUT2D eigenvalue weighted by Gasteiger charge is 2.29. The molecule has 0 bridgehead atoms. The molecule has 0 amide bonds. The van der Waals surface area contributed by atoms with Crippen LogP contribution < -0.4 is 0 Å². The number of nitrogens with zero attached hydrogens (tertiary/aromatic N) is 1. The van der Waals surface area contributed by atoms with Gasteiger partial charge >= 0.3 is 5.97 Å². The lowest BCUT2D eigenvalue weighted by molar-refractivity contribution is -0.138. The van der Waals surface area contributed by atoms with Gasteiger partial charge in [0.15, 0.2) is 5.58 Å². The van der Waals surface area contributed by atoms with Crippen molar-refractivity contribution < 1.29 is 14.3 Å². The van der Waals surface area contributed by atoms with E-state index in [-0.39, 0.29) is 6.42 Å². The summed E-state index contributed by atoms with van der Waals surface area (Å²) >= 11 is 0. The van der Waals surface area contributed by atoms with Gasteiger partial charge in [-0.2, -0.15) is 0 Å². The van der Waals surface area contributed by atoms with Crippen LogP contribution in [-0.4, -0.2) is 16.1 Å². The standard InChI is InChI=1S/C13H15NO3/c1-8-4-5-9-10(6-8)17-12(14-9)13(2,3)7-11(15)16/h4-6H,7H2,1-3H3,(H,15,16). The number of aryl methyl sites for hydroxylation is 1. The Balaban J connectivity index is 2.45. The van der Waals surface area contributed by atoms with E-state index >= 15 is 0 Å². The first-order valence-corrected chi connectivity index (χ1v) is 5.48. The zero-order chi connectivity index (χ0) is 12.6. The molecule has 90 valence electrons. The van der Waals surface area contributed by atoms with Crippen molar-refractivity contribution in [3.63, 3.8) is 0 Å². The minimum atomic E-state index is -0.853. The van der Waals surface area contributed by atoms with Gasteiger partial charge in [0.05, 0.1) is 11.8 Å². The van der Waals surface area contributed by atoms with Gasteiger partial charge in [0.1, 0.15) is 5.52 Å². The zero-order valence-corrected chi connectivity index (χ0v) is 10.2. The van der Waals surface area contributed by atoms with Crippen molar-refractivity contribution in [2.24, 2.45) is 0 Å². The Hall–Kier alpha value is -1.84. The van der Waals surface area contributed by atoms with Gasteiger partial charge in [0.25, 0.3) is 0 Å². The molecule has 0 saturated carbocycles. The number of aliphatic carboxylic acids is 1. The van der Waals surface area contributed by atoms with Gasteiger partial charge in [0, 0.05) is 0 Å². The second-order valence-corrected chi connectivity index (χ2v) is 4.94. The van der Waals surface area contributed by atoms with E-state index in [0.717, 1.165) is 11.1 Å². The lowest BCUT2D eigenvalue weighted by Gasteiger charge is -2.17. The number of aromatic nitrogens is 1. The minimum absolute atomic E-state index is 0.00119. The van der Waals surface area contributed by atoms with Crippen molar-refractivity contribution in [3.05, 3.63) is 29.7 Å². The molecule has 0 fully saturated rings. The van der Waals surface area contributed by atoms with Crippen molar-refractivity contribution in [1.29, 1.82) is 0 Å². The number of benzene rings is 1. The molecule has 4 nitrogen and oxygen atoms in total. The van der Waals surface area contributed by atoms with E-state index < -0.39 is 11.4 Å². The van der Waals surface area contributed by atoms with Crippen LogP contribution in [0.3, 0.4) is 0 Å². The molecule has 0 aliphatic heterocycles. The summed E-state index contributed by atoms with van der Waals surface area (Å²) in [7, 11) is 0. The predicted molar refractivity (Wildman–Crippen MR) is 64.0 cm³/mol. The molecule has 0 unspecified atom stereocenters. The van der Waals surface area contributed by atoms with Crippen molar-refractivity contribution in [1.82, 2.24) is 4.98 Å². The summed E-state index contributed by atoms with van der Waals surface area (Å²) in [5.41, 5.74) is 1.97. The molecule has 0 saturated heterocycles. The van der Waals surface area contributed by atoms with Crippen molar-refractivity contribution in [3.8, 4) is 0 Å². The summed E-state index contributed by atoms with van der Waals surface area (Å²) in [4.78, 5) is 15.1. The first kappa shape index (κ1) is 11.6. The number of rotatable bonds is 3. The smallest absolute Gasteiger partial charge is 0.304 e. The zero-order valence-electron chi connectivity index (χ0n) is 10.2. The second kappa shape index (κ2) is 3.87. The molecule has 1 N–H and O–H groups in total. The average Bonchev–Trinajstić information content (AvgIpc) is 2.58. The molecule has 4 heteroatoms. The maximum absolute atomic E-state index is 10.8. The molecule has 0 spiro atoms. The second-order valence-electron chi connectivity index (χ2n) is 4.94. The molecule has 17 heavy (non-hydrogen) atoms. The predicted octanol–water partition coefficient (Wildman–Crippen LogP) is 2.89. The number of carboxylic acids is 1. The van der Waals surface area contributed by atoms with Crippen LogP contribution in [0.4, 0.5) is 0 Å². The Bertz CT molecular complexity index is 569. The molecular weight excluding hydrogens is 218 g/mol.